The third-order valence-corrected chi connectivity index (χ3v) is 7.72. The Hall–Kier alpha value is -1.46. The fraction of sp³-hybridized carbons (Fsp3) is 0.760. The molecule has 0 radical (unpaired) electrons. The van der Waals surface area contributed by atoms with Gasteiger partial charge in [-0.05, 0) is 51.4 Å². The molecule has 5 heteroatoms. The summed E-state index contributed by atoms with van der Waals surface area (Å²) in [7, 11) is 1.54. The van der Waals surface area contributed by atoms with E-state index in [1.54, 1.807) is 7.11 Å². The third kappa shape index (κ3) is 3.91. The zero-order valence-electron chi connectivity index (χ0n) is 19.4. The first-order valence-corrected chi connectivity index (χ1v) is 11.5. The van der Waals surface area contributed by atoms with Gasteiger partial charge in [0, 0.05) is 31.4 Å². The maximum atomic E-state index is 14.0. The van der Waals surface area contributed by atoms with Crippen molar-refractivity contribution in [3.05, 3.63) is 23.3 Å². The van der Waals surface area contributed by atoms with Crippen molar-refractivity contribution in [2.75, 3.05) is 7.11 Å². The first-order valence-electron chi connectivity index (χ1n) is 11.5. The standard InChI is InChI=1S/C25H39NO4/c1-14(2)10-19-23-17(5)16(4)12-18-11-15(3)8-7-9-20(27)21(30-6)13-22(28)25(18,23)24(29)26-19/h11-12,14,17-21,23,27H,7-10,13H2,1-6H3,(H,26,29)/b15-11+/t17-,18-,19-,20-,21+,23+,25+/m0/s1. The Morgan fingerprint density at radius 1 is 1.27 bits per heavy atom. The summed E-state index contributed by atoms with van der Waals surface area (Å²) in [5.41, 5.74) is 1.30. The van der Waals surface area contributed by atoms with E-state index in [2.05, 4.69) is 52.1 Å². The fourth-order valence-corrected chi connectivity index (χ4v) is 6.10. The summed E-state index contributed by atoms with van der Waals surface area (Å²) < 4.78 is 5.54. The second-order valence-electron chi connectivity index (χ2n) is 10.2. The molecule has 0 unspecified atom stereocenters. The molecule has 2 aliphatic carbocycles. The Labute approximate surface area is 181 Å². The molecule has 0 aromatic rings. The minimum Gasteiger partial charge on any atom is -0.390 e. The molecule has 1 saturated heterocycles. The van der Waals surface area contributed by atoms with Crippen molar-refractivity contribution in [3.63, 3.8) is 0 Å². The maximum absolute atomic E-state index is 14.0. The van der Waals surface area contributed by atoms with Crippen LogP contribution >= 0.6 is 0 Å². The van der Waals surface area contributed by atoms with E-state index < -0.39 is 17.6 Å². The molecule has 30 heavy (non-hydrogen) atoms. The molecule has 1 heterocycles. The number of nitrogens with one attached hydrogen (secondary N) is 1. The Morgan fingerprint density at radius 3 is 2.60 bits per heavy atom. The average Bonchev–Trinajstić information content (AvgIpc) is 2.94. The lowest BCUT2D eigenvalue weighted by atomic mass is 9.54. The summed E-state index contributed by atoms with van der Waals surface area (Å²) in [5.74, 6) is -0.0146. The van der Waals surface area contributed by atoms with E-state index in [1.807, 2.05) is 0 Å². The van der Waals surface area contributed by atoms with E-state index in [1.165, 1.54) is 11.1 Å². The molecule has 3 aliphatic rings. The van der Waals surface area contributed by atoms with Crippen LogP contribution in [-0.4, -0.2) is 42.2 Å². The number of ether oxygens (including phenoxy) is 1. The van der Waals surface area contributed by atoms with E-state index in [9.17, 15) is 14.7 Å². The molecule has 2 N–H and O–H groups in total. The zero-order valence-corrected chi connectivity index (χ0v) is 19.4. The summed E-state index contributed by atoms with van der Waals surface area (Å²) in [6, 6.07) is -0.0210. The van der Waals surface area contributed by atoms with Crippen LogP contribution in [0.15, 0.2) is 23.3 Å². The minimum atomic E-state index is -1.12. The highest BCUT2D eigenvalue weighted by molar-refractivity contribution is 6.09. The van der Waals surface area contributed by atoms with Crippen LogP contribution in [0.1, 0.15) is 66.7 Å². The van der Waals surface area contributed by atoms with E-state index in [0.717, 1.165) is 19.3 Å². The van der Waals surface area contributed by atoms with Gasteiger partial charge in [0.15, 0.2) is 5.78 Å². The molecule has 0 aromatic carbocycles. The van der Waals surface area contributed by atoms with Crippen molar-refractivity contribution in [3.8, 4) is 0 Å². The van der Waals surface area contributed by atoms with Crippen molar-refractivity contribution in [2.24, 2.45) is 29.1 Å². The first-order chi connectivity index (χ1) is 14.1. The highest BCUT2D eigenvalue weighted by atomic mass is 16.5. The van der Waals surface area contributed by atoms with Crippen LogP contribution in [0.3, 0.4) is 0 Å². The number of carbonyl (C=O) groups excluding carboxylic acids is 2. The first kappa shape index (κ1) is 23.2. The number of allylic oxidation sites excluding steroid dienone is 4. The Balaban J connectivity index is 2.18. The summed E-state index contributed by atoms with van der Waals surface area (Å²) >= 11 is 0. The molecule has 0 bridgehead atoms. The molecule has 168 valence electrons. The Morgan fingerprint density at radius 2 is 1.97 bits per heavy atom. The lowest BCUT2D eigenvalue weighted by molar-refractivity contribution is -0.148. The van der Waals surface area contributed by atoms with Crippen LogP contribution < -0.4 is 5.32 Å². The summed E-state index contributed by atoms with van der Waals surface area (Å²) in [6.07, 6.45) is 6.21. The molecule has 3 rings (SSSR count). The van der Waals surface area contributed by atoms with E-state index in [0.29, 0.717) is 12.3 Å². The lowest BCUT2D eigenvalue weighted by Gasteiger charge is -2.45. The van der Waals surface area contributed by atoms with Crippen LogP contribution in [-0.2, 0) is 14.3 Å². The number of ketones is 1. The largest absolute Gasteiger partial charge is 0.390 e. The van der Waals surface area contributed by atoms with Crippen LogP contribution in [0.4, 0.5) is 0 Å². The number of carbonyl (C=O) groups is 2. The molecule has 7 atom stereocenters. The number of amides is 1. The molecule has 1 fully saturated rings. The predicted molar refractivity (Wildman–Crippen MR) is 118 cm³/mol. The third-order valence-electron chi connectivity index (χ3n) is 7.72. The fourth-order valence-electron chi connectivity index (χ4n) is 6.10. The topological polar surface area (TPSA) is 75.6 Å². The smallest absolute Gasteiger partial charge is 0.235 e. The molecule has 0 aromatic heterocycles. The van der Waals surface area contributed by atoms with Gasteiger partial charge in [0.2, 0.25) is 5.91 Å². The molecule has 1 aliphatic heterocycles. The Kier molecular flexibility index (Phi) is 6.93. The van der Waals surface area contributed by atoms with Gasteiger partial charge < -0.3 is 15.2 Å². The molecule has 0 saturated carbocycles. The van der Waals surface area contributed by atoms with Gasteiger partial charge in [0.05, 0.1) is 12.2 Å². The van der Waals surface area contributed by atoms with Crippen molar-refractivity contribution < 1.29 is 19.4 Å². The summed E-state index contributed by atoms with van der Waals surface area (Å²) in [5, 5.41) is 13.9. The SMILES string of the molecule is CO[C@@H]1CC(=O)[C@@]23C(=O)N[C@@H](CC(C)C)[C@H]2[C@@H](C)C(C)=C[C@@H]3/C=C(\C)CCC[C@@H]1O. The number of Topliss-reactive ketones (excluding diaryl/α,β-unsaturated/α-hetero) is 1. The molecule has 5 nitrogen and oxygen atoms in total. The van der Waals surface area contributed by atoms with Crippen LogP contribution in [0.25, 0.3) is 0 Å². The van der Waals surface area contributed by atoms with E-state index >= 15 is 0 Å². The predicted octanol–water partition coefficient (Wildman–Crippen LogP) is 3.81. The molecular weight excluding hydrogens is 378 g/mol. The van der Waals surface area contributed by atoms with Gasteiger partial charge in [-0.15, -0.1) is 0 Å². The van der Waals surface area contributed by atoms with Gasteiger partial charge in [-0.25, -0.2) is 0 Å². The quantitative estimate of drug-likeness (QED) is 0.541. The molecule has 1 amide bonds. The van der Waals surface area contributed by atoms with Crippen molar-refractivity contribution in [2.45, 2.75) is 85.0 Å². The number of aliphatic hydroxyl groups is 1. The number of hydrogen-bond donors (Lipinski definition) is 2. The van der Waals surface area contributed by atoms with Gasteiger partial charge in [0.25, 0.3) is 0 Å². The van der Waals surface area contributed by atoms with Gasteiger partial charge >= 0.3 is 0 Å². The van der Waals surface area contributed by atoms with Crippen LogP contribution in [0.5, 0.6) is 0 Å². The lowest BCUT2D eigenvalue weighted by Crippen LogP contribution is -2.53. The molecule has 1 spiro atoms. The monoisotopic (exact) mass is 417 g/mol. The van der Waals surface area contributed by atoms with Crippen molar-refractivity contribution >= 4 is 11.7 Å². The van der Waals surface area contributed by atoms with Gasteiger partial charge in [0.1, 0.15) is 5.41 Å². The van der Waals surface area contributed by atoms with E-state index in [4.69, 9.17) is 4.74 Å². The van der Waals surface area contributed by atoms with Crippen LogP contribution in [0.2, 0.25) is 0 Å². The van der Waals surface area contributed by atoms with Crippen molar-refractivity contribution in [1.82, 2.24) is 5.32 Å². The Bertz CT molecular complexity index is 739. The number of hydrogen-bond acceptors (Lipinski definition) is 4. The highest BCUT2D eigenvalue weighted by Crippen LogP contribution is 2.55. The second-order valence-corrected chi connectivity index (χ2v) is 10.2. The van der Waals surface area contributed by atoms with E-state index in [-0.39, 0.29) is 41.9 Å². The normalized spacial score (nSPS) is 41.9. The average molecular weight is 418 g/mol. The molecular formula is C25H39NO4. The summed E-state index contributed by atoms with van der Waals surface area (Å²) in [4.78, 5) is 27.6. The van der Waals surface area contributed by atoms with Gasteiger partial charge in [-0.3, -0.25) is 9.59 Å². The van der Waals surface area contributed by atoms with Gasteiger partial charge in [-0.2, -0.15) is 0 Å². The van der Waals surface area contributed by atoms with Crippen molar-refractivity contribution in [1.29, 1.82) is 0 Å². The second kappa shape index (κ2) is 8.96. The highest BCUT2D eigenvalue weighted by Gasteiger charge is 2.65. The van der Waals surface area contributed by atoms with Crippen LogP contribution in [0, 0.1) is 29.1 Å². The zero-order chi connectivity index (χ0) is 22.2. The maximum Gasteiger partial charge on any atom is 0.235 e. The number of aliphatic hydroxyl groups excluding tert-OH is 1. The van der Waals surface area contributed by atoms with Gasteiger partial charge in [-0.1, -0.05) is 44.1 Å². The minimum absolute atomic E-state index is 0.0210. The number of methoxy groups -OCH3 is 1. The number of rotatable bonds is 3. The summed E-state index contributed by atoms with van der Waals surface area (Å²) in [6.45, 7) is 10.7.